The maximum Gasteiger partial charge on any atom is 0.00485 e. The Morgan fingerprint density at radius 3 is 1.82 bits per heavy atom. The fourth-order valence-electron chi connectivity index (χ4n) is 2.79. The molecule has 0 radical (unpaired) electrons. The van der Waals surface area contributed by atoms with Gasteiger partial charge in [0.15, 0.2) is 0 Å². The second kappa shape index (κ2) is 9.27. The maximum atomic E-state index is 4.65. The van der Waals surface area contributed by atoms with Crippen LogP contribution < -0.4 is 0 Å². The molecule has 0 bridgehead atoms. The van der Waals surface area contributed by atoms with Crippen LogP contribution in [0.25, 0.3) is 0 Å². The van der Waals surface area contributed by atoms with Gasteiger partial charge in [0.1, 0.15) is 0 Å². The predicted octanol–water partition coefficient (Wildman–Crippen LogP) is 4.62. The highest BCUT2D eigenvalue weighted by Crippen LogP contribution is 2.33. The summed E-state index contributed by atoms with van der Waals surface area (Å²) in [4.78, 5) is 2.64. The standard InChI is InChI=1S/C15H33NS/c1-6-9-15(13-17,10-7-2)12-16(11-8-3)14(4)5/h14,17H,6-13H2,1-5H3. The molecule has 0 fully saturated rings. The predicted molar refractivity (Wildman–Crippen MR) is 83.1 cm³/mol. The molecule has 0 aliphatic heterocycles. The molecule has 0 heterocycles. The van der Waals surface area contributed by atoms with Crippen molar-refractivity contribution < 1.29 is 0 Å². The molecule has 0 aliphatic carbocycles. The van der Waals surface area contributed by atoms with Crippen molar-refractivity contribution in [1.82, 2.24) is 4.90 Å². The van der Waals surface area contributed by atoms with Gasteiger partial charge in [0.05, 0.1) is 0 Å². The second-order valence-corrected chi connectivity index (χ2v) is 6.04. The van der Waals surface area contributed by atoms with Gasteiger partial charge in [-0.1, -0.05) is 33.6 Å². The minimum absolute atomic E-state index is 0.437. The summed E-state index contributed by atoms with van der Waals surface area (Å²) in [6.45, 7) is 14.0. The van der Waals surface area contributed by atoms with E-state index in [4.69, 9.17) is 0 Å². The molecule has 17 heavy (non-hydrogen) atoms. The molecule has 1 nitrogen and oxygen atoms in total. The summed E-state index contributed by atoms with van der Waals surface area (Å²) in [6.07, 6.45) is 6.44. The summed E-state index contributed by atoms with van der Waals surface area (Å²) in [5.74, 6) is 1.03. The summed E-state index contributed by atoms with van der Waals surface area (Å²) in [5, 5.41) is 0. The molecule has 0 aliphatic rings. The van der Waals surface area contributed by atoms with E-state index in [9.17, 15) is 0 Å². The van der Waals surface area contributed by atoms with E-state index < -0.39 is 0 Å². The summed E-state index contributed by atoms with van der Waals surface area (Å²) in [6, 6.07) is 0.655. The molecular weight excluding hydrogens is 226 g/mol. The van der Waals surface area contributed by atoms with Gasteiger partial charge in [-0.05, 0) is 50.8 Å². The minimum Gasteiger partial charge on any atom is -0.300 e. The third kappa shape index (κ3) is 6.15. The Kier molecular flexibility index (Phi) is 9.44. The highest BCUT2D eigenvalue weighted by atomic mass is 32.1. The lowest BCUT2D eigenvalue weighted by molar-refractivity contribution is 0.120. The Balaban J connectivity index is 4.66. The number of hydrogen-bond acceptors (Lipinski definition) is 2. The van der Waals surface area contributed by atoms with Crippen molar-refractivity contribution in [2.75, 3.05) is 18.8 Å². The van der Waals surface area contributed by atoms with Crippen LogP contribution >= 0.6 is 12.6 Å². The van der Waals surface area contributed by atoms with Gasteiger partial charge in [-0.2, -0.15) is 12.6 Å². The third-order valence-corrected chi connectivity index (χ3v) is 4.35. The molecule has 0 aromatic heterocycles. The fourth-order valence-corrected chi connectivity index (χ4v) is 3.21. The zero-order chi connectivity index (χ0) is 13.3. The molecule has 0 aromatic rings. The quantitative estimate of drug-likeness (QED) is 0.560. The molecule has 0 saturated heterocycles. The van der Waals surface area contributed by atoms with Crippen molar-refractivity contribution >= 4 is 12.6 Å². The maximum absolute atomic E-state index is 4.65. The number of hydrogen-bond donors (Lipinski definition) is 1. The molecule has 0 atom stereocenters. The van der Waals surface area contributed by atoms with Gasteiger partial charge in [-0.25, -0.2) is 0 Å². The largest absolute Gasteiger partial charge is 0.300 e. The molecule has 0 amide bonds. The van der Waals surface area contributed by atoms with E-state index in [1.165, 1.54) is 45.2 Å². The summed E-state index contributed by atoms with van der Waals surface area (Å²) in [5.41, 5.74) is 0.437. The molecule has 0 rings (SSSR count). The van der Waals surface area contributed by atoms with Gasteiger partial charge in [-0.3, -0.25) is 0 Å². The first-order valence-electron chi connectivity index (χ1n) is 7.40. The number of rotatable bonds is 10. The zero-order valence-electron chi connectivity index (χ0n) is 12.6. The average Bonchev–Trinajstić information content (AvgIpc) is 2.28. The van der Waals surface area contributed by atoms with Crippen LogP contribution in [-0.4, -0.2) is 29.8 Å². The van der Waals surface area contributed by atoms with Crippen LogP contribution in [0.3, 0.4) is 0 Å². The molecule has 0 unspecified atom stereocenters. The molecule has 104 valence electrons. The topological polar surface area (TPSA) is 3.24 Å². The Morgan fingerprint density at radius 2 is 1.53 bits per heavy atom. The van der Waals surface area contributed by atoms with Gasteiger partial charge >= 0.3 is 0 Å². The van der Waals surface area contributed by atoms with Crippen LogP contribution in [0.5, 0.6) is 0 Å². The van der Waals surface area contributed by atoms with Crippen molar-refractivity contribution in [2.24, 2.45) is 5.41 Å². The van der Waals surface area contributed by atoms with E-state index in [1.54, 1.807) is 0 Å². The normalized spacial score (nSPS) is 12.7. The van der Waals surface area contributed by atoms with Crippen molar-refractivity contribution in [3.8, 4) is 0 Å². The molecular formula is C15H33NS. The minimum atomic E-state index is 0.437. The van der Waals surface area contributed by atoms with Crippen LogP contribution in [0.1, 0.15) is 66.7 Å². The smallest absolute Gasteiger partial charge is 0.00485 e. The molecule has 0 aromatic carbocycles. The first-order chi connectivity index (χ1) is 8.05. The van der Waals surface area contributed by atoms with E-state index in [1.807, 2.05) is 0 Å². The molecule has 0 spiro atoms. The average molecular weight is 260 g/mol. The van der Waals surface area contributed by atoms with Crippen molar-refractivity contribution in [3.63, 3.8) is 0 Å². The van der Waals surface area contributed by atoms with E-state index in [-0.39, 0.29) is 0 Å². The van der Waals surface area contributed by atoms with E-state index in [0.29, 0.717) is 11.5 Å². The Hall–Kier alpha value is 0.310. The van der Waals surface area contributed by atoms with Gasteiger partial charge < -0.3 is 4.90 Å². The van der Waals surface area contributed by atoms with Crippen LogP contribution in [0, 0.1) is 5.41 Å². The lowest BCUT2D eigenvalue weighted by Gasteiger charge is -2.39. The SMILES string of the molecule is CCCN(CC(CS)(CCC)CCC)C(C)C. The van der Waals surface area contributed by atoms with Crippen LogP contribution in [0.2, 0.25) is 0 Å². The van der Waals surface area contributed by atoms with Crippen molar-refractivity contribution in [2.45, 2.75) is 72.8 Å². The van der Waals surface area contributed by atoms with E-state index in [0.717, 1.165) is 5.75 Å². The highest BCUT2D eigenvalue weighted by molar-refractivity contribution is 7.80. The number of nitrogens with zero attached hydrogens (tertiary/aromatic N) is 1. The summed E-state index contributed by atoms with van der Waals surface area (Å²) >= 11 is 4.65. The highest BCUT2D eigenvalue weighted by Gasteiger charge is 2.29. The van der Waals surface area contributed by atoms with Gasteiger partial charge in [0.2, 0.25) is 0 Å². The molecule has 2 heteroatoms. The lowest BCUT2D eigenvalue weighted by Crippen LogP contribution is -2.43. The zero-order valence-corrected chi connectivity index (χ0v) is 13.5. The van der Waals surface area contributed by atoms with Crippen molar-refractivity contribution in [3.05, 3.63) is 0 Å². The summed E-state index contributed by atoms with van der Waals surface area (Å²) < 4.78 is 0. The van der Waals surface area contributed by atoms with Gasteiger partial charge in [0.25, 0.3) is 0 Å². The Bertz CT molecular complexity index is 174. The first kappa shape index (κ1) is 17.3. The molecule has 0 N–H and O–H groups in total. The first-order valence-corrected chi connectivity index (χ1v) is 8.03. The van der Waals surface area contributed by atoms with E-state index in [2.05, 4.69) is 52.1 Å². The third-order valence-electron chi connectivity index (χ3n) is 3.68. The van der Waals surface area contributed by atoms with Crippen molar-refractivity contribution in [1.29, 1.82) is 0 Å². The van der Waals surface area contributed by atoms with Crippen LogP contribution in [0.4, 0.5) is 0 Å². The van der Waals surface area contributed by atoms with Crippen LogP contribution in [0.15, 0.2) is 0 Å². The van der Waals surface area contributed by atoms with Gasteiger partial charge in [0, 0.05) is 12.6 Å². The monoisotopic (exact) mass is 259 g/mol. The molecule has 0 saturated carbocycles. The number of thiol groups is 1. The Labute approximate surface area is 115 Å². The Morgan fingerprint density at radius 1 is 1.00 bits per heavy atom. The second-order valence-electron chi connectivity index (χ2n) is 5.72. The van der Waals surface area contributed by atoms with E-state index >= 15 is 0 Å². The van der Waals surface area contributed by atoms with Crippen LogP contribution in [-0.2, 0) is 0 Å². The lowest BCUT2D eigenvalue weighted by atomic mass is 9.80. The summed E-state index contributed by atoms with van der Waals surface area (Å²) in [7, 11) is 0. The van der Waals surface area contributed by atoms with Gasteiger partial charge in [-0.15, -0.1) is 0 Å². The fraction of sp³-hybridized carbons (Fsp3) is 1.00.